The van der Waals surface area contributed by atoms with Crippen molar-refractivity contribution in [2.45, 2.75) is 0 Å². The molecule has 0 fully saturated rings. The fraction of sp³-hybridized carbons (Fsp3) is 0. The molecule has 0 aromatic heterocycles. The molecule has 0 saturated carbocycles. The summed E-state index contributed by atoms with van der Waals surface area (Å²) in [4.78, 5) is 0. The fourth-order valence-electron chi connectivity index (χ4n) is 1.30. The van der Waals surface area contributed by atoms with E-state index < -0.39 is 0 Å². The molecule has 2 aromatic rings. The van der Waals surface area contributed by atoms with Gasteiger partial charge in [0.1, 0.15) is 5.82 Å². The van der Waals surface area contributed by atoms with Gasteiger partial charge in [-0.05, 0) is 12.1 Å². The lowest BCUT2D eigenvalue weighted by molar-refractivity contribution is 0.628. The summed E-state index contributed by atoms with van der Waals surface area (Å²) in [5, 5.41) is 0. The summed E-state index contributed by atoms with van der Waals surface area (Å²) in [6, 6.07) is 16.4. The maximum atomic E-state index is 12.6. The van der Waals surface area contributed by atoms with E-state index in [-0.39, 0.29) is 5.82 Å². The van der Waals surface area contributed by atoms with Gasteiger partial charge in [-0.3, -0.25) is 0 Å². The minimum Gasteiger partial charge on any atom is -0.207 e. The van der Waals surface area contributed by atoms with Crippen molar-refractivity contribution in [2.24, 2.45) is 0 Å². The molecule has 0 heterocycles. The van der Waals surface area contributed by atoms with E-state index in [1.54, 1.807) is 12.1 Å². The lowest BCUT2D eigenvalue weighted by Crippen LogP contribution is -2.26. The predicted molar refractivity (Wildman–Crippen MR) is 57.9 cm³/mol. The molecule has 0 aliphatic heterocycles. The standard InChI is InChI=1S/C12H9BF/c14-12-8-6-11(7-9-12)13-10-4-2-1-3-5-10/h1-9H. The van der Waals surface area contributed by atoms with Crippen LogP contribution in [0.15, 0.2) is 54.6 Å². The first-order chi connectivity index (χ1) is 6.84. The quantitative estimate of drug-likeness (QED) is 0.618. The van der Waals surface area contributed by atoms with Crippen molar-refractivity contribution in [3.63, 3.8) is 0 Å². The molecule has 0 aliphatic rings. The molecule has 2 aromatic carbocycles. The molecule has 2 heteroatoms. The molecule has 2 rings (SSSR count). The molecule has 0 saturated heterocycles. The van der Waals surface area contributed by atoms with Gasteiger partial charge in [0.2, 0.25) is 0 Å². The molecule has 67 valence electrons. The zero-order valence-electron chi connectivity index (χ0n) is 7.65. The van der Waals surface area contributed by atoms with Crippen molar-refractivity contribution in [1.82, 2.24) is 0 Å². The molecule has 0 bridgehead atoms. The first-order valence-corrected chi connectivity index (χ1v) is 4.50. The number of rotatable bonds is 2. The third kappa shape index (κ3) is 2.22. The van der Waals surface area contributed by atoms with E-state index in [0.29, 0.717) is 0 Å². The van der Waals surface area contributed by atoms with Crippen molar-refractivity contribution < 1.29 is 4.39 Å². The van der Waals surface area contributed by atoms with Crippen LogP contribution >= 0.6 is 0 Å². The molecule has 0 spiro atoms. The average molecular weight is 183 g/mol. The molecule has 0 unspecified atom stereocenters. The second-order valence-electron chi connectivity index (χ2n) is 3.11. The summed E-state index contributed by atoms with van der Waals surface area (Å²) >= 11 is 0. The van der Waals surface area contributed by atoms with Crippen LogP contribution in [0.1, 0.15) is 0 Å². The third-order valence-electron chi connectivity index (χ3n) is 2.00. The number of hydrogen-bond acceptors (Lipinski definition) is 0. The van der Waals surface area contributed by atoms with Crippen LogP contribution in [0.25, 0.3) is 0 Å². The Kier molecular flexibility index (Phi) is 2.64. The Morgan fingerprint density at radius 2 is 1.29 bits per heavy atom. The molecule has 14 heavy (non-hydrogen) atoms. The van der Waals surface area contributed by atoms with Crippen LogP contribution < -0.4 is 10.9 Å². The van der Waals surface area contributed by atoms with Crippen LogP contribution in [-0.4, -0.2) is 7.28 Å². The minimum absolute atomic E-state index is 0.199. The highest BCUT2D eigenvalue weighted by molar-refractivity contribution is 6.67. The van der Waals surface area contributed by atoms with Gasteiger partial charge in [0.05, 0.1) is 0 Å². The van der Waals surface area contributed by atoms with Gasteiger partial charge in [0.25, 0.3) is 0 Å². The minimum atomic E-state index is -0.199. The zero-order chi connectivity index (χ0) is 9.80. The van der Waals surface area contributed by atoms with Gasteiger partial charge in [-0.2, -0.15) is 0 Å². The number of hydrogen-bond donors (Lipinski definition) is 0. The smallest absolute Gasteiger partial charge is 0.191 e. The average Bonchev–Trinajstić information content (AvgIpc) is 2.23. The van der Waals surface area contributed by atoms with E-state index in [9.17, 15) is 4.39 Å². The Labute approximate surface area is 83.6 Å². The fourth-order valence-corrected chi connectivity index (χ4v) is 1.30. The molecule has 0 amide bonds. The summed E-state index contributed by atoms with van der Waals surface area (Å²) in [5.41, 5.74) is 2.14. The van der Waals surface area contributed by atoms with Gasteiger partial charge in [-0.1, -0.05) is 53.4 Å². The SMILES string of the molecule is Fc1ccc([B]c2ccccc2)cc1. The van der Waals surface area contributed by atoms with E-state index in [1.165, 1.54) is 12.1 Å². The lowest BCUT2D eigenvalue weighted by atomic mass is 9.64. The van der Waals surface area contributed by atoms with Crippen molar-refractivity contribution in [3.05, 3.63) is 60.4 Å². The van der Waals surface area contributed by atoms with Gasteiger partial charge in [0.15, 0.2) is 7.28 Å². The molecule has 0 nitrogen and oxygen atoms in total. The van der Waals surface area contributed by atoms with Crippen molar-refractivity contribution in [2.75, 3.05) is 0 Å². The van der Waals surface area contributed by atoms with Crippen molar-refractivity contribution in [3.8, 4) is 0 Å². The normalized spacial score (nSPS) is 9.79. The van der Waals surface area contributed by atoms with Crippen LogP contribution in [0, 0.1) is 5.82 Å². The highest BCUT2D eigenvalue weighted by Gasteiger charge is 1.97. The second-order valence-corrected chi connectivity index (χ2v) is 3.11. The summed E-state index contributed by atoms with van der Waals surface area (Å²) in [6.45, 7) is 0. The predicted octanol–water partition coefficient (Wildman–Crippen LogP) is 1.48. The molecular formula is C12H9BF. The largest absolute Gasteiger partial charge is 0.207 e. The van der Waals surface area contributed by atoms with Gasteiger partial charge in [-0.15, -0.1) is 0 Å². The van der Waals surface area contributed by atoms with Gasteiger partial charge >= 0.3 is 0 Å². The molecule has 0 aliphatic carbocycles. The summed E-state index contributed by atoms with van der Waals surface area (Å²) in [5.74, 6) is -0.199. The third-order valence-corrected chi connectivity index (χ3v) is 2.00. The second kappa shape index (κ2) is 4.10. The first-order valence-electron chi connectivity index (χ1n) is 4.50. The van der Waals surface area contributed by atoms with Crippen LogP contribution in [0.5, 0.6) is 0 Å². The Hall–Kier alpha value is -1.57. The Bertz CT molecular complexity index is 394. The molecule has 1 radical (unpaired) electrons. The summed E-state index contributed by atoms with van der Waals surface area (Å²) < 4.78 is 12.6. The van der Waals surface area contributed by atoms with Gasteiger partial charge in [0, 0.05) is 0 Å². The van der Waals surface area contributed by atoms with Crippen LogP contribution in [0.4, 0.5) is 4.39 Å². The van der Waals surface area contributed by atoms with Crippen molar-refractivity contribution >= 4 is 18.2 Å². The zero-order valence-corrected chi connectivity index (χ0v) is 7.65. The van der Waals surface area contributed by atoms with E-state index >= 15 is 0 Å². The Morgan fingerprint density at radius 3 is 1.93 bits per heavy atom. The highest BCUT2D eigenvalue weighted by atomic mass is 19.1. The van der Waals surface area contributed by atoms with E-state index in [1.807, 2.05) is 37.6 Å². The van der Waals surface area contributed by atoms with E-state index in [0.717, 1.165) is 10.9 Å². The van der Waals surface area contributed by atoms with Crippen LogP contribution in [0.3, 0.4) is 0 Å². The molecule has 0 atom stereocenters. The van der Waals surface area contributed by atoms with E-state index in [2.05, 4.69) is 0 Å². The highest BCUT2D eigenvalue weighted by Crippen LogP contribution is 1.92. The maximum absolute atomic E-state index is 12.6. The number of halogens is 1. The Morgan fingerprint density at radius 1 is 0.714 bits per heavy atom. The molecule has 0 N–H and O–H groups in total. The van der Waals surface area contributed by atoms with Crippen LogP contribution in [-0.2, 0) is 0 Å². The first kappa shape index (κ1) is 9.01. The monoisotopic (exact) mass is 183 g/mol. The van der Waals surface area contributed by atoms with Gasteiger partial charge in [-0.25, -0.2) is 4.39 Å². The number of benzene rings is 2. The maximum Gasteiger partial charge on any atom is 0.191 e. The Balaban J connectivity index is 2.16. The van der Waals surface area contributed by atoms with Crippen molar-refractivity contribution in [1.29, 1.82) is 0 Å². The van der Waals surface area contributed by atoms with E-state index in [4.69, 9.17) is 0 Å². The van der Waals surface area contributed by atoms with Gasteiger partial charge < -0.3 is 0 Å². The summed E-state index contributed by atoms with van der Waals surface area (Å²) in [7, 11) is 2.01. The molecular weight excluding hydrogens is 174 g/mol. The topological polar surface area (TPSA) is 0 Å². The van der Waals surface area contributed by atoms with Crippen LogP contribution in [0.2, 0.25) is 0 Å². The summed E-state index contributed by atoms with van der Waals surface area (Å²) in [6.07, 6.45) is 0. The lowest BCUT2D eigenvalue weighted by Gasteiger charge is -1.99.